The van der Waals surface area contributed by atoms with Crippen molar-refractivity contribution >= 4 is 11.6 Å². The van der Waals surface area contributed by atoms with E-state index in [1.807, 2.05) is 24.3 Å². The molecular formula is C12H16ClNO. The first-order chi connectivity index (χ1) is 7.27. The molecule has 0 unspecified atom stereocenters. The molecule has 0 aliphatic carbocycles. The van der Waals surface area contributed by atoms with E-state index in [-0.39, 0.29) is 6.10 Å². The fourth-order valence-corrected chi connectivity index (χ4v) is 2.20. The molecule has 1 aromatic carbocycles. The van der Waals surface area contributed by atoms with Gasteiger partial charge in [0.15, 0.2) is 0 Å². The molecule has 2 rings (SSSR count). The summed E-state index contributed by atoms with van der Waals surface area (Å²) >= 11 is 6.11. The number of halogens is 1. The predicted molar refractivity (Wildman–Crippen MR) is 62.2 cm³/mol. The molecule has 1 aromatic rings. The van der Waals surface area contributed by atoms with Crippen LogP contribution in [0.2, 0.25) is 5.02 Å². The first kappa shape index (κ1) is 10.9. The van der Waals surface area contributed by atoms with Gasteiger partial charge in [-0.15, -0.1) is 0 Å². The Kier molecular flexibility index (Phi) is 3.62. The normalized spacial score (nSPS) is 22.9. The molecule has 0 bridgehead atoms. The Morgan fingerprint density at radius 1 is 1.47 bits per heavy atom. The van der Waals surface area contributed by atoms with Gasteiger partial charge >= 0.3 is 0 Å². The molecule has 1 N–H and O–H groups in total. The van der Waals surface area contributed by atoms with Gasteiger partial charge in [0, 0.05) is 11.6 Å². The number of ether oxygens (including phenoxy) is 1. The third-order valence-corrected chi connectivity index (χ3v) is 3.10. The molecule has 0 radical (unpaired) electrons. The molecule has 82 valence electrons. The molecule has 1 saturated heterocycles. The molecule has 1 aliphatic rings. The summed E-state index contributed by atoms with van der Waals surface area (Å²) in [5, 5.41) is 4.07. The Labute approximate surface area is 95.6 Å². The highest BCUT2D eigenvalue weighted by atomic mass is 35.5. The van der Waals surface area contributed by atoms with Gasteiger partial charge in [0.05, 0.1) is 12.2 Å². The highest BCUT2D eigenvalue weighted by molar-refractivity contribution is 6.31. The highest BCUT2D eigenvalue weighted by Gasteiger charge is 2.19. The third kappa shape index (κ3) is 2.71. The molecule has 3 heteroatoms. The molecule has 1 aliphatic heterocycles. The lowest BCUT2D eigenvalue weighted by atomic mass is 10.1. The first-order valence-corrected chi connectivity index (χ1v) is 5.76. The van der Waals surface area contributed by atoms with E-state index in [1.54, 1.807) is 0 Å². The number of hydrogen-bond donors (Lipinski definition) is 1. The van der Waals surface area contributed by atoms with Crippen molar-refractivity contribution in [2.24, 2.45) is 0 Å². The second-order valence-electron chi connectivity index (χ2n) is 3.91. The van der Waals surface area contributed by atoms with Crippen LogP contribution in [0.5, 0.6) is 0 Å². The zero-order chi connectivity index (χ0) is 10.7. The van der Waals surface area contributed by atoms with Crippen LogP contribution in [0.4, 0.5) is 0 Å². The third-order valence-electron chi connectivity index (χ3n) is 2.75. The second-order valence-corrected chi connectivity index (χ2v) is 4.32. The van der Waals surface area contributed by atoms with Crippen molar-refractivity contribution in [3.63, 3.8) is 0 Å². The van der Waals surface area contributed by atoms with Crippen molar-refractivity contribution in [1.82, 2.24) is 5.32 Å². The van der Waals surface area contributed by atoms with E-state index in [2.05, 4.69) is 12.2 Å². The molecule has 0 saturated carbocycles. The van der Waals surface area contributed by atoms with E-state index >= 15 is 0 Å². The van der Waals surface area contributed by atoms with Crippen LogP contribution in [0, 0.1) is 0 Å². The van der Waals surface area contributed by atoms with Gasteiger partial charge in [0.1, 0.15) is 0 Å². The molecule has 2 atom stereocenters. The summed E-state index contributed by atoms with van der Waals surface area (Å²) < 4.78 is 5.93. The van der Waals surface area contributed by atoms with E-state index in [0.29, 0.717) is 6.10 Å². The molecule has 1 fully saturated rings. The fraction of sp³-hybridized carbons (Fsp3) is 0.500. The number of benzene rings is 1. The van der Waals surface area contributed by atoms with Crippen LogP contribution in [0.1, 0.15) is 25.0 Å². The summed E-state index contributed by atoms with van der Waals surface area (Å²) in [6.45, 7) is 4.06. The highest BCUT2D eigenvalue weighted by Crippen LogP contribution is 2.26. The SMILES string of the molecule is C[C@H](O[C@H]1CCNC1)c1ccccc1Cl. The average molecular weight is 226 g/mol. The van der Waals surface area contributed by atoms with Crippen LogP contribution >= 0.6 is 11.6 Å². The lowest BCUT2D eigenvalue weighted by Gasteiger charge is -2.19. The van der Waals surface area contributed by atoms with Crippen molar-refractivity contribution in [3.8, 4) is 0 Å². The predicted octanol–water partition coefficient (Wildman–Crippen LogP) is 2.78. The smallest absolute Gasteiger partial charge is 0.0815 e. The zero-order valence-electron chi connectivity index (χ0n) is 8.87. The Balaban J connectivity index is 2.00. The molecule has 0 amide bonds. The maximum atomic E-state index is 6.11. The van der Waals surface area contributed by atoms with Crippen molar-refractivity contribution in [2.45, 2.75) is 25.6 Å². The monoisotopic (exact) mass is 225 g/mol. The van der Waals surface area contributed by atoms with Gasteiger partial charge in [-0.2, -0.15) is 0 Å². The lowest BCUT2D eigenvalue weighted by molar-refractivity contribution is 0.00834. The minimum atomic E-state index is 0.0728. The summed E-state index contributed by atoms with van der Waals surface area (Å²) in [6.07, 6.45) is 1.49. The zero-order valence-corrected chi connectivity index (χ0v) is 9.63. The van der Waals surface area contributed by atoms with Crippen LogP contribution in [0.15, 0.2) is 24.3 Å². The minimum absolute atomic E-state index is 0.0728. The van der Waals surface area contributed by atoms with Crippen molar-refractivity contribution in [1.29, 1.82) is 0 Å². The fourth-order valence-electron chi connectivity index (χ4n) is 1.91. The summed E-state index contributed by atoms with van der Waals surface area (Å²) in [4.78, 5) is 0. The summed E-state index contributed by atoms with van der Waals surface area (Å²) in [7, 11) is 0. The Hall–Kier alpha value is -0.570. The average Bonchev–Trinajstić information content (AvgIpc) is 2.71. The van der Waals surface area contributed by atoms with E-state index in [1.165, 1.54) is 0 Å². The van der Waals surface area contributed by atoms with Crippen LogP contribution in [0.3, 0.4) is 0 Å². The molecule has 15 heavy (non-hydrogen) atoms. The summed E-state index contributed by atoms with van der Waals surface area (Å²) in [5.74, 6) is 0. The molecule has 0 spiro atoms. The summed E-state index contributed by atoms with van der Waals surface area (Å²) in [5.41, 5.74) is 1.08. The van der Waals surface area contributed by atoms with Crippen molar-refractivity contribution in [3.05, 3.63) is 34.9 Å². The van der Waals surface area contributed by atoms with E-state index in [9.17, 15) is 0 Å². The second kappa shape index (κ2) is 4.97. The van der Waals surface area contributed by atoms with Crippen LogP contribution in [-0.2, 0) is 4.74 Å². The van der Waals surface area contributed by atoms with Crippen LogP contribution in [-0.4, -0.2) is 19.2 Å². The number of hydrogen-bond acceptors (Lipinski definition) is 2. The minimum Gasteiger partial charge on any atom is -0.369 e. The van der Waals surface area contributed by atoms with E-state index in [4.69, 9.17) is 16.3 Å². The topological polar surface area (TPSA) is 21.3 Å². The quantitative estimate of drug-likeness (QED) is 0.854. The Morgan fingerprint density at radius 3 is 2.93 bits per heavy atom. The van der Waals surface area contributed by atoms with Gasteiger partial charge in [-0.3, -0.25) is 0 Å². The van der Waals surface area contributed by atoms with Crippen LogP contribution < -0.4 is 5.32 Å². The van der Waals surface area contributed by atoms with Gasteiger partial charge in [0.25, 0.3) is 0 Å². The first-order valence-electron chi connectivity index (χ1n) is 5.38. The summed E-state index contributed by atoms with van der Waals surface area (Å²) in [6, 6.07) is 7.86. The lowest BCUT2D eigenvalue weighted by Crippen LogP contribution is -2.18. The van der Waals surface area contributed by atoms with Crippen molar-refractivity contribution in [2.75, 3.05) is 13.1 Å². The van der Waals surface area contributed by atoms with Gasteiger partial charge in [-0.25, -0.2) is 0 Å². The number of rotatable bonds is 3. The largest absolute Gasteiger partial charge is 0.369 e. The molecule has 2 nitrogen and oxygen atoms in total. The Morgan fingerprint density at radius 2 is 2.27 bits per heavy atom. The molecule has 1 heterocycles. The van der Waals surface area contributed by atoms with E-state index in [0.717, 1.165) is 30.1 Å². The van der Waals surface area contributed by atoms with Gasteiger partial charge in [-0.1, -0.05) is 29.8 Å². The van der Waals surface area contributed by atoms with Gasteiger partial charge in [0.2, 0.25) is 0 Å². The molecular weight excluding hydrogens is 210 g/mol. The van der Waals surface area contributed by atoms with E-state index < -0.39 is 0 Å². The van der Waals surface area contributed by atoms with Crippen LogP contribution in [0.25, 0.3) is 0 Å². The van der Waals surface area contributed by atoms with Gasteiger partial charge in [-0.05, 0) is 31.5 Å². The standard InChI is InChI=1S/C12H16ClNO/c1-9(15-10-6-7-14-8-10)11-4-2-3-5-12(11)13/h2-5,9-10,14H,6-8H2,1H3/t9-,10-/m0/s1. The van der Waals surface area contributed by atoms with Crippen molar-refractivity contribution < 1.29 is 4.74 Å². The number of nitrogens with one attached hydrogen (secondary N) is 1. The Bertz CT molecular complexity index is 323. The molecule has 0 aromatic heterocycles. The van der Waals surface area contributed by atoms with Gasteiger partial charge < -0.3 is 10.1 Å². The maximum Gasteiger partial charge on any atom is 0.0815 e. The maximum absolute atomic E-state index is 6.11.